The molecular weight excluding hydrogens is 416 g/mol. The summed E-state index contributed by atoms with van der Waals surface area (Å²) in [4.78, 5) is 25.1. The summed E-state index contributed by atoms with van der Waals surface area (Å²) in [6.07, 6.45) is 2.95. The first-order valence-corrected chi connectivity index (χ1v) is 9.92. The topological polar surface area (TPSA) is 115 Å². The highest BCUT2D eigenvalue weighted by molar-refractivity contribution is 6.08. The average molecular weight is 444 g/mol. The van der Waals surface area contributed by atoms with Crippen molar-refractivity contribution in [3.8, 4) is 23.0 Å². The Bertz CT molecular complexity index is 973. The van der Waals surface area contributed by atoms with Gasteiger partial charge in [-0.2, -0.15) is 0 Å². The number of ether oxygens (including phenoxy) is 4. The van der Waals surface area contributed by atoms with E-state index in [0.29, 0.717) is 29.6 Å². The van der Waals surface area contributed by atoms with Crippen molar-refractivity contribution in [1.82, 2.24) is 5.32 Å². The summed E-state index contributed by atoms with van der Waals surface area (Å²) in [6.45, 7) is 2.24. The summed E-state index contributed by atoms with van der Waals surface area (Å²) < 4.78 is 21.3. The van der Waals surface area contributed by atoms with Crippen molar-refractivity contribution in [3.63, 3.8) is 0 Å². The molecule has 0 unspecified atom stereocenters. The number of anilines is 1. The van der Waals surface area contributed by atoms with Crippen molar-refractivity contribution < 1.29 is 33.6 Å². The lowest BCUT2D eigenvalue weighted by atomic mass is 10.1. The van der Waals surface area contributed by atoms with Gasteiger partial charge in [-0.05, 0) is 36.8 Å². The molecule has 2 aromatic carbocycles. The third kappa shape index (κ3) is 6.39. The van der Waals surface area contributed by atoms with Crippen LogP contribution in [-0.2, 0) is 4.79 Å². The van der Waals surface area contributed by atoms with Crippen molar-refractivity contribution in [3.05, 3.63) is 47.5 Å². The van der Waals surface area contributed by atoms with Crippen LogP contribution in [0.4, 0.5) is 5.69 Å². The molecule has 0 heterocycles. The monoisotopic (exact) mass is 444 g/mol. The van der Waals surface area contributed by atoms with E-state index in [9.17, 15) is 9.59 Å². The van der Waals surface area contributed by atoms with Gasteiger partial charge in [-0.15, -0.1) is 0 Å². The van der Waals surface area contributed by atoms with E-state index in [0.717, 1.165) is 5.56 Å². The molecule has 0 saturated carbocycles. The molecule has 172 valence electrons. The van der Waals surface area contributed by atoms with Crippen LogP contribution in [0, 0.1) is 0 Å². The van der Waals surface area contributed by atoms with E-state index in [-0.39, 0.29) is 24.4 Å². The lowest BCUT2D eigenvalue weighted by Gasteiger charge is -2.15. The van der Waals surface area contributed by atoms with Gasteiger partial charge in [-0.1, -0.05) is 6.07 Å². The second-order valence-corrected chi connectivity index (χ2v) is 6.40. The van der Waals surface area contributed by atoms with Gasteiger partial charge in [0.1, 0.15) is 0 Å². The van der Waals surface area contributed by atoms with E-state index >= 15 is 0 Å². The van der Waals surface area contributed by atoms with Gasteiger partial charge in [0.2, 0.25) is 5.91 Å². The number of hydrogen-bond acceptors (Lipinski definition) is 7. The molecule has 0 bridgehead atoms. The first-order chi connectivity index (χ1) is 15.5. The fourth-order valence-electron chi connectivity index (χ4n) is 2.84. The Balaban J connectivity index is 2.26. The third-order valence-electron chi connectivity index (χ3n) is 4.34. The number of nitrogens with one attached hydrogen (secondary N) is 2. The van der Waals surface area contributed by atoms with Gasteiger partial charge in [0.05, 0.1) is 45.8 Å². The summed E-state index contributed by atoms with van der Waals surface area (Å²) >= 11 is 0. The molecular formula is C23H28N2O7. The smallest absolute Gasteiger partial charge is 0.253 e. The first kappa shape index (κ1) is 24.5. The third-order valence-corrected chi connectivity index (χ3v) is 4.34. The molecule has 0 saturated heterocycles. The number of aliphatic hydroxyl groups is 1. The lowest BCUT2D eigenvalue weighted by molar-refractivity contribution is -0.111. The van der Waals surface area contributed by atoms with Crippen LogP contribution in [0.3, 0.4) is 0 Å². The Labute approximate surface area is 186 Å². The molecule has 32 heavy (non-hydrogen) atoms. The Morgan fingerprint density at radius 3 is 2.25 bits per heavy atom. The highest BCUT2D eigenvalue weighted by Gasteiger charge is 2.18. The molecule has 0 aliphatic heterocycles. The maximum absolute atomic E-state index is 12.6. The maximum Gasteiger partial charge on any atom is 0.253 e. The van der Waals surface area contributed by atoms with Crippen LogP contribution in [0.1, 0.15) is 22.8 Å². The molecule has 3 N–H and O–H groups in total. The van der Waals surface area contributed by atoms with E-state index < -0.39 is 11.8 Å². The van der Waals surface area contributed by atoms with E-state index in [1.54, 1.807) is 31.4 Å². The van der Waals surface area contributed by atoms with Crippen LogP contribution < -0.4 is 29.6 Å². The normalized spacial score (nSPS) is 10.5. The Hall–Kier alpha value is -3.72. The van der Waals surface area contributed by atoms with Crippen molar-refractivity contribution in [1.29, 1.82) is 0 Å². The predicted molar refractivity (Wildman–Crippen MR) is 121 cm³/mol. The molecule has 2 rings (SSSR count). The summed E-state index contributed by atoms with van der Waals surface area (Å²) in [6, 6.07) is 8.26. The fraction of sp³-hybridized carbons (Fsp3) is 0.304. The summed E-state index contributed by atoms with van der Waals surface area (Å²) in [5, 5.41) is 14.2. The molecule has 0 spiro atoms. The van der Waals surface area contributed by atoms with Crippen molar-refractivity contribution in [2.24, 2.45) is 0 Å². The number of carbonyl (C=O) groups is 2. The predicted octanol–water partition coefficient (Wildman–Crippen LogP) is 2.49. The molecule has 0 atom stereocenters. The van der Waals surface area contributed by atoms with Crippen LogP contribution in [0.5, 0.6) is 23.0 Å². The lowest BCUT2D eigenvalue weighted by Crippen LogP contribution is -2.27. The van der Waals surface area contributed by atoms with Gasteiger partial charge in [0, 0.05) is 18.7 Å². The fourth-order valence-corrected chi connectivity index (χ4v) is 2.84. The zero-order valence-electron chi connectivity index (χ0n) is 18.6. The van der Waals surface area contributed by atoms with Crippen LogP contribution in [-0.4, -0.2) is 58.0 Å². The Morgan fingerprint density at radius 1 is 0.969 bits per heavy atom. The number of methoxy groups -OCH3 is 3. The highest BCUT2D eigenvalue weighted by Crippen LogP contribution is 2.33. The van der Waals surface area contributed by atoms with Crippen molar-refractivity contribution in [2.75, 3.05) is 46.4 Å². The molecule has 0 aromatic heterocycles. The molecule has 0 aliphatic rings. The second kappa shape index (κ2) is 12.2. The molecule has 9 nitrogen and oxygen atoms in total. The zero-order chi connectivity index (χ0) is 23.5. The van der Waals surface area contributed by atoms with Gasteiger partial charge >= 0.3 is 0 Å². The van der Waals surface area contributed by atoms with Crippen LogP contribution in [0.25, 0.3) is 6.08 Å². The van der Waals surface area contributed by atoms with Crippen LogP contribution >= 0.6 is 0 Å². The summed E-state index contributed by atoms with van der Waals surface area (Å²) in [5.41, 5.74) is 1.13. The van der Waals surface area contributed by atoms with Gasteiger partial charge in [0.25, 0.3) is 5.91 Å². The van der Waals surface area contributed by atoms with E-state index in [1.807, 2.05) is 6.92 Å². The molecule has 9 heteroatoms. The highest BCUT2D eigenvalue weighted by atomic mass is 16.5. The summed E-state index contributed by atoms with van der Waals surface area (Å²) in [7, 11) is 4.44. The standard InChI is InChI=1S/C23H28N2O7/c1-5-32-18-8-6-15(12-19(18)29-2)7-9-22(27)25-17-14-21(31-4)20(30-3)13-16(17)23(28)24-10-11-26/h6-9,12-14,26H,5,10-11H2,1-4H3,(H,24,28)(H,25,27). The minimum atomic E-state index is -0.476. The number of amides is 2. The van der Waals surface area contributed by atoms with Crippen LogP contribution in [0.15, 0.2) is 36.4 Å². The number of benzene rings is 2. The van der Waals surface area contributed by atoms with Gasteiger partial charge in [-0.3, -0.25) is 9.59 Å². The largest absolute Gasteiger partial charge is 0.493 e. The Morgan fingerprint density at radius 2 is 1.62 bits per heavy atom. The summed E-state index contributed by atoms with van der Waals surface area (Å²) in [5.74, 6) is 0.910. The molecule has 0 aliphatic carbocycles. The second-order valence-electron chi connectivity index (χ2n) is 6.40. The molecule has 2 aromatic rings. The van der Waals surface area contributed by atoms with Gasteiger partial charge in [-0.25, -0.2) is 0 Å². The quantitative estimate of drug-likeness (QED) is 0.456. The number of aliphatic hydroxyl groups excluding tert-OH is 1. The zero-order valence-corrected chi connectivity index (χ0v) is 18.6. The van der Waals surface area contributed by atoms with Crippen LogP contribution in [0.2, 0.25) is 0 Å². The van der Waals surface area contributed by atoms with Crippen molar-refractivity contribution in [2.45, 2.75) is 6.92 Å². The van der Waals surface area contributed by atoms with Crippen molar-refractivity contribution >= 4 is 23.6 Å². The minimum Gasteiger partial charge on any atom is -0.493 e. The molecule has 0 radical (unpaired) electrons. The number of hydrogen-bond donors (Lipinski definition) is 3. The minimum absolute atomic E-state index is 0.0695. The molecule has 0 fully saturated rings. The Kier molecular flexibility index (Phi) is 9.37. The van der Waals surface area contributed by atoms with E-state index in [2.05, 4.69) is 10.6 Å². The number of rotatable bonds is 11. The van der Waals surface area contributed by atoms with Gasteiger partial charge < -0.3 is 34.7 Å². The maximum atomic E-state index is 12.6. The SMILES string of the molecule is CCOc1ccc(C=CC(=O)Nc2cc(OC)c(OC)cc2C(=O)NCCO)cc1OC. The van der Waals surface area contributed by atoms with E-state index in [4.69, 9.17) is 24.1 Å². The number of carbonyl (C=O) groups excluding carboxylic acids is 2. The molecule has 2 amide bonds. The van der Waals surface area contributed by atoms with E-state index in [1.165, 1.54) is 32.4 Å². The van der Waals surface area contributed by atoms with Gasteiger partial charge in [0.15, 0.2) is 23.0 Å². The average Bonchev–Trinajstić information content (AvgIpc) is 2.81. The first-order valence-electron chi connectivity index (χ1n) is 9.92.